The van der Waals surface area contributed by atoms with Crippen molar-refractivity contribution in [1.82, 2.24) is 15.5 Å². The van der Waals surface area contributed by atoms with E-state index in [2.05, 4.69) is 15.0 Å². The number of amides is 2. The molecule has 0 bridgehead atoms. The summed E-state index contributed by atoms with van der Waals surface area (Å²) in [6.07, 6.45) is 2.24. The highest BCUT2D eigenvalue weighted by molar-refractivity contribution is 8.00. The number of urea groups is 1. The average Bonchev–Trinajstić information content (AvgIpc) is 2.95. The van der Waals surface area contributed by atoms with Crippen molar-refractivity contribution in [2.45, 2.75) is 32.2 Å². The van der Waals surface area contributed by atoms with Crippen LogP contribution >= 0.6 is 0 Å². The number of nitrogens with zero attached hydrogens (tertiary/aromatic N) is 2. The maximum absolute atomic E-state index is 12.6. The van der Waals surface area contributed by atoms with Crippen molar-refractivity contribution in [3.8, 4) is 0 Å². The van der Waals surface area contributed by atoms with Crippen molar-refractivity contribution in [2.75, 3.05) is 33.4 Å². The van der Waals surface area contributed by atoms with Gasteiger partial charge >= 0.3 is 6.03 Å². The van der Waals surface area contributed by atoms with Crippen LogP contribution < -0.4 is 10.6 Å². The van der Waals surface area contributed by atoms with E-state index in [0.717, 1.165) is 19.3 Å². The van der Waals surface area contributed by atoms with Crippen LogP contribution in [0.15, 0.2) is 40.3 Å². The van der Waals surface area contributed by atoms with Crippen LogP contribution in [0.5, 0.6) is 0 Å². The molecule has 2 amide bonds. The number of hydrogen-bond donors (Lipinski definition) is 2. The number of likely N-dealkylation sites (tertiary alicyclic amines) is 1. The predicted octanol–water partition coefficient (Wildman–Crippen LogP) is 1.96. The number of methoxy groups -OCH3 is 1. The summed E-state index contributed by atoms with van der Waals surface area (Å²) in [5.41, 5.74) is 1.34. The molecule has 1 fully saturated rings. The van der Waals surface area contributed by atoms with Gasteiger partial charge in [-0.2, -0.15) is 8.42 Å². The number of sulfonamides is 1. The van der Waals surface area contributed by atoms with E-state index < -0.39 is 10.0 Å². The quantitative estimate of drug-likeness (QED) is 0.686. The van der Waals surface area contributed by atoms with Gasteiger partial charge in [0.05, 0.1) is 0 Å². The van der Waals surface area contributed by atoms with Gasteiger partial charge in [-0.25, -0.2) is 4.79 Å². The smallest absolute Gasteiger partial charge is 0.315 e. The van der Waals surface area contributed by atoms with E-state index in [4.69, 9.17) is 4.74 Å². The van der Waals surface area contributed by atoms with Crippen LogP contribution in [0.4, 0.5) is 4.79 Å². The van der Waals surface area contributed by atoms with Gasteiger partial charge in [0, 0.05) is 45.0 Å². The molecular formula is C20H28N4O4S. The molecule has 9 heteroatoms. The van der Waals surface area contributed by atoms with E-state index in [1.54, 1.807) is 19.2 Å². The lowest BCUT2D eigenvalue weighted by Gasteiger charge is -2.33. The number of rotatable bonds is 6. The van der Waals surface area contributed by atoms with Gasteiger partial charge in [0.2, 0.25) is 0 Å². The Morgan fingerprint density at radius 3 is 2.59 bits per heavy atom. The Balaban J connectivity index is 1.58. The summed E-state index contributed by atoms with van der Waals surface area (Å²) < 4.78 is 34.3. The summed E-state index contributed by atoms with van der Waals surface area (Å²) in [7, 11) is -2.07. The molecule has 2 aliphatic heterocycles. The molecule has 0 saturated carbocycles. The molecule has 0 radical (unpaired) electrons. The first-order valence-corrected chi connectivity index (χ1v) is 11.3. The number of benzene rings is 1. The standard InChI is InChI=1S/C20H28N4O4S/c1-15-18(16-7-4-3-5-8-16)29(26,27)23-19(15)24-12-9-17(10-13-24)22-20(25)21-11-6-14-28-2/h3-5,7-8,17H,6,9-14H2,1-2H3,(H2,21,22,25). The third kappa shape index (κ3) is 5.16. The van der Waals surface area contributed by atoms with E-state index in [0.29, 0.717) is 43.2 Å². The van der Waals surface area contributed by atoms with Crippen molar-refractivity contribution in [3.63, 3.8) is 0 Å². The van der Waals surface area contributed by atoms with Crippen LogP contribution in [-0.4, -0.2) is 64.6 Å². The molecular weight excluding hydrogens is 392 g/mol. The summed E-state index contributed by atoms with van der Waals surface area (Å²) >= 11 is 0. The molecule has 158 valence electrons. The van der Waals surface area contributed by atoms with Crippen molar-refractivity contribution in [1.29, 1.82) is 0 Å². The van der Waals surface area contributed by atoms with Crippen LogP contribution in [0.2, 0.25) is 0 Å². The molecule has 1 saturated heterocycles. The second-order valence-corrected chi connectivity index (χ2v) is 8.76. The molecule has 0 aromatic heterocycles. The largest absolute Gasteiger partial charge is 0.385 e. The molecule has 0 spiro atoms. The van der Waals surface area contributed by atoms with E-state index in [1.165, 1.54) is 0 Å². The molecule has 2 N–H and O–H groups in total. The number of hydrogen-bond acceptors (Lipinski definition) is 5. The number of piperidine rings is 1. The summed E-state index contributed by atoms with van der Waals surface area (Å²) in [6, 6.07) is 8.95. The lowest BCUT2D eigenvalue weighted by atomic mass is 10.0. The maximum Gasteiger partial charge on any atom is 0.315 e. The van der Waals surface area contributed by atoms with E-state index in [1.807, 2.05) is 30.0 Å². The minimum Gasteiger partial charge on any atom is -0.385 e. The van der Waals surface area contributed by atoms with Gasteiger partial charge in [0.1, 0.15) is 10.7 Å². The third-order valence-electron chi connectivity index (χ3n) is 5.12. The zero-order valence-corrected chi connectivity index (χ0v) is 17.7. The van der Waals surface area contributed by atoms with Crippen LogP contribution in [0.3, 0.4) is 0 Å². The highest BCUT2D eigenvalue weighted by Gasteiger charge is 2.34. The number of nitrogens with one attached hydrogen (secondary N) is 2. The van der Waals surface area contributed by atoms with Crippen molar-refractivity contribution in [2.24, 2.45) is 4.40 Å². The summed E-state index contributed by atoms with van der Waals surface area (Å²) in [6.45, 7) is 4.27. The molecule has 3 rings (SSSR count). The summed E-state index contributed by atoms with van der Waals surface area (Å²) in [5.74, 6) is 0.520. The van der Waals surface area contributed by atoms with Crippen LogP contribution in [0, 0.1) is 0 Å². The van der Waals surface area contributed by atoms with Gasteiger partial charge < -0.3 is 20.3 Å². The van der Waals surface area contributed by atoms with Crippen LogP contribution in [0.25, 0.3) is 4.91 Å². The Labute approximate surface area is 172 Å². The van der Waals surface area contributed by atoms with Crippen LogP contribution in [-0.2, 0) is 14.8 Å². The monoisotopic (exact) mass is 420 g/mol. The first-order valence-electron chi connectivity index (χ1n) is 9.82. The minimum atomic E-state index is -3.70. The second-order valence-electron chi connectivity index (χ2n) is 7.22. The fourth-order valence-corrected chi connectivity index (χ4v) is 5.15. The fraction of sp³-hybridized carbons (Fsp3) is 0.500. The Bertz CT molecular complexity index is 888. The maximum atomic E-state index is 12.6. The average molecular weight is 421 g/mol. The normalized spacial score (nSPS) is 19.2. The Morgan fingerprint density at radius 2 is 1.93 bits per heavy atom. The summed E-state index contributed by atoms with van der Waals surface area (Å²) in [5, 5.41) is 5.80. The van der Waals surface area contributed by atoms with Crippen molar-refractivity contribution in [3.05, 3.63) is 41.5 Å². The molecule has 8 nitrogen and oxygen atoms in total. The zero-order chi connectivity index (χ0) is 20.9. The van der Waals surface area contributed by atoms with E-state index in [-0.39, 0.29) is 17.0 Å². The van der Waals surface area contributed by atoms with Crippen molar-refractivity contribution >= 4 is 26.8 Å². The van der Waals surface area contributed by atoms with Gasteiger partial charge in [0.25, 0.3) is 10.0 Å². The Hall–Kier alpha value is -2.39. The van der Waals surface area contributed by atoms with Gasteiger partial charge in [-0.05, 0) is 31.7 Å². The molecule has 0 atom stereocenters. The molecule has 0 aliphatic carbocycles. The van der Waals surface area contributed by atoms with E-state index in [9.17, 15) is 13.2 Å². The number of ether oxygens (including phenoxy) is 1. The first-order chi connectivity index (χ1) is 13.9. The Morgan fingerprint density at radius 1 is 1.24 bits per heavy atom. The SMILES string of the molecule is COCCCNC(=O)NC1CCN(C2=NS(=O)(=O)C(c3ccccc3)=C2C)CC1. The van der Waals surface area contributed by atoms with Gasteiger partial charge in [-0.15, -0.1) is 4.40 Å². The fourth-order valence-electron chi connectivity index (χ4n) is 3.66. The van der Waals surface area contributed by atoms with Gasteiger partial charge in [-0.3, -0.25) is 0 Å². The lowest BCUT2D eigenvalue weighted by molar-refractivity contribution is 0.192. The second kappa shape index (κ2) is 9.41. The van der Waals surface area contributed by atoms with Crippen LogP contribution in [0.1, 0.15) is 31.7 Å². The third-order valence-corrected chi connectivity index (χ3v) is 6.59. The minimum absolute atomic E-state index is 0.0603. The number of carbonyl (C=O) groups excluding carboxylic acids is 1. The van der Waals surface area contributed by atoms with Gasteiger partial charge in [0.15, 0.2) is 0 Å². The predicted molar refractivity (Wildman–Crippen MR) is 113 cm³/mol. The summed E-state index contributed by atoms with van der Waals surface area (Å²) in [4.78, 5) is 14.2. The Kier molecular flexibility index (Phi) is 6.92. The molecule has 0 unspecified atom stereocenters. The van der Waals surface area contributed by atoms with Gasteiger partial charge in [-0.1, -0.05) is 30.3 Å². The molecule has 29 heavy (non-hydrogen) atoms. The number of amidine groups is 1. The van der Waals surface area contributed by atoms with E-state index >= 15 is 0 Å². The molecule has 1 aromatic carbocycles. The number of carbonyl (C=O) groups is 1. The lowest BCUT2D eigenvalue weighted by Crippen LogP contribution is -2.49. The van der Waals surface area contributed by atoms with Crippen molar-refractivity contribution < 1.29 is 17.9 Å². The molecule has 2 heterocycles. The molecule has 2 aliphatic rings. The highest BCUT2D eigenvalue weighted by Crippen LogP contribution is 2.34. The topological polar surface area (TPSA) is 100 Å². The highest BCUT2D eigenvalue weighted by atomic mass is 32.2. The first kappa shape index (κ1) is 21.3. The zero-order valence-electron chi connectivity index (χ0n) is 16.8. The molecule has 1 aromatic rings.